The smallest absolute Gasteiger partial charge is 0.154 e. The fraction of sp³-hybridized carbons (Fsp3) is 0.273. The minimum atomic E-state index is -0.138. The first-order valence-electron chi connectivity index (χ1n) is 5.02. The van der Waals surface area contributed by atoms with Crippen LogP contribution in [0.1, 0.15) is 17.0 Å². The molecule has 0 radical (unpaired) electrons. The van der Waals surface area contributed by atoms with Gasteiger partial charge in [0.25, 0.3) is 0 Å². The number of nitrogens with zero attached hydrogens (tertiary/aromatic N) is 3. The number of aromatic nitrogens is 3. The van der Waals surface area contributed by atoms with Gasteiger partial charge in [0.1, 0.15) is 0 Å². The molecule has 0 saturated heterocycles. The van der Waals surface area contributed by atoms with Gasteiger partial charge in [-0.3, -0.25) is 0 Å². The molecule has 0 bridgehead atoms. The molecule has 0 aliphatic rings. The average molecular weight is 272 g/mol. The summed E-state index contributed by atoms with van der Waals surface area (Å²) in [7, 11) is 0. The van der Waals surface area contributed by atoms with Crippen LogP contribution in [0.4, 0.5) is 0 Å². The van der Waals surface area contributed by atoms with E-state index in [0.29, 0.717) is 21.4 Å². The molecule has 2 rings (SSSR count). The van der Waals surface area contributed by atoms with E-state index >= 15 is 0 Å². The summed E-state index contributed by atoms with van der Waals surface area (Å²) in [6.45, 7) is 3.55. The van der Waals surface area contributed by atoms with Gasteiger partial charge in [0.05, 0.1) is 28.0 Å². The molecule has 0 spiro atoms. The largest absolute Gasteiger partial charge is 0.392 e. The average Bonchev–Trinajstić information content (AvgIpc) is 2.58. The molecule has 4 nitrogen and oxygen atoms in total. The van der Waals surface area contributed by atoms with Gasteiger partial charge in [-0.05, 0) is 19.9 Å². The van der Waals surface area contributed by atoms with E-state index in [0.717, 1.165) is 11.4 Å². The normalized spacial score (nSPS) is 10.9. The SMILES string of the molecule is Cc1nn(-c2cc(CO)c(Cl)cn2)c(C)c1Cl. The van der Waals surface area contributed by atoms with Gasteiger partial charge in [-0.15, -0.1) is 0 Å². The van der Waals surface area contributed by atoms with Gasteiger partial charge in [0.15, 0.2) is 5.82 Å². The molecule has 1 N–H and O–H groups in total. The van der Waals surface area contributed by atoms with Crippen molar-refractivity contribution in [2.24, 2.45) is 0 Å². The lowest BCUT2D eigenvalue weighted by Crippen LogP contribution is -2.03. The Balaban J connectivity index is 2.57. The summed E-state index contributed by atoms with van der Waals surface area (Å²) in [6, 6.07) is 1.69. The fourth-order valence-corrected chi connectivity index (χ4v) is 1.83. The molecule has 0 saturated carbocycles. The van der Waals surface area contributed by atoms with Crippen LogP contribution >= 0.6 is 23.2 Å². The highest BCUT2D eigenvalue weighted by Crippen LogP contribution is 2.23. The third-order valence-electron chi connectivity index (χ3n) is 2.51. The quantitative estimate of drug-likeness (QED) is 0.914. The molecule has 0 fully saturated rings. The summed E-state index contributed by atoms with van der Waals surface area (Å²) in [4.78, 5) is 4.17. The van der Waals surface area contributed by atoms with Crippen molar-refractivity contribution < 1.29 is 5.11 Å². The zero-order valence-corrected chi connectivity index (χ0v) is 10.9. The van der Waals surface area contributed by atoms with Gasteiger partial charge < -0.3 is 5.11 Å². The number of hydrogen-bond acceptors (Lipinski definition) is 3. The Morgan fingerprint density at radius 3 is 2.59 bits per heavy atom. The zero-order chi connectivity index (χ0) is 12.6. The molecule has 0 unspecified atom stereocenters. The fourth-order valence-electron chi connectivity index (χ4n) is 1.55. The summed E-state index contributed by atoms with van der Waals surface area (Å²) < 4.78 is 1.63. The predicted octanol–water partition coefficient (Wildman–Crippen LogP) is 2.68. The first-order chi connectivity index (χ1) is 8.04. The van der Waals surface area contributed by atoms with Crippen molar-refractivity contribution >= 4 is 23.2 Å². The Bertz CT molecular complexity index is 566. The monoisotopic (exact) mass is 271 g/mol. The van der Waals surface area contributed by atoms with Crippen molar-refractivity contribution in [2.45, 2.75) is 20.5 Å². The van der Waals surface area contributed by atoms with Crippen molar-refractivity contribution in [1.82, 2.24) is 14.8 Å². The van der Waals surface area contributed by atoms with E-state index in [2.05, 4.69) is 10.1 Å². The molecule has 0 amide bonds. The number of aliphatic hydroxyl groups excluding tert-OH is 1. The number of aryl methyl sites for hydroxylation is 1. The van der Waals surface area contributed by atoms with Gasteiger partial charge in [-0.1, -0.05) is 23.2 Å². The van der Waals surface area contributed by atoms with E-state index in [4.69, 9.17) is 28.3 Å². The standard InChI is InChI=1S/C11H11Cl2N3O/c1-6-11(13)7(2)16(15-6)10-3-8(5-17)9(12)4-14-10/h3-4,17H,5H2,1-2H3. The second kappa shape index (κ2) is 4.64. The van der Waals surface area contributed by atoms with Crippen molar-refractivity contribution in [2.75, 3.05) is 0 Å². The highest BCUT2D eigenvalue weighted by molar-refractivity contribution is 6.32. The van der Waals surface area contributed by atoms with Crippen LogP contribution in [0.2, 0.25) is 10.0 Å². The van der Waals surface area contributed by atoms with Crippen molar-refractivity contribution in [1.29, 1.82) is 0 Å². The van der Waals surface area contributed by atoms with Gasteiger partial charge in [0, 0.05) is 11.8 Å². The number of aliphatic hydroxyl groups is 1. The van der Waals surface area contributed by atoms with E-state index in [1.807, 2.05) is 13.8 Å². The third kappa shape index (κ3) is 2.16. The molecule has 0 atom stereocenters. The molecule has 0 aliphatic carbocycles. The van der Waals surface area contributed by atoms with Gasteiger partial charge >= 0.3 is 0 Å². The molecule has 0 aliphatic heterocycles. The number of hydrogen-bond donors (Lipinski definition) is 1. The van der Waals surface area contributed by atoms with Gasteiger partial charge in [-0.2, -0.15) is 5.10 Å². The summed E-state index contributed by atoms with van der Waals surface area (Å²) in [5.41, 5.74) is 2.16. The summed E-state index contributed by atoms with van der Waals surface area (Å²) >= 11 is 11.9. The maximum Gasteiger partial charge on any atom is 0.154 e. The van der Waals surface area contributed by atoms with Crippen LogP contribution in [-0.2, 0) is 6.61 Å². The van der Waals surface area contributed by atoms with Crippen LogP contribution in [0.5, 0.6) is 0 Å². The minimum Gasteiger partial charge on any atom is -0.392 e. The van der Waals surface area contributed by atoms with Crippen LogP contribution in [0.25, 0.3) is 5.82 Å². The van der Waals surface area contributed by atoms with Crippen molar-refractivity contribution in [3.8, 4) is 5.82 Å². The Morgan fingerprint density at radius 1 is 1.35 bits per heavy atom. The summed E-state index contributed by atoms with van der Waals surface area (Å²) in [6.07, 6.45) is 1.49. The van der Waals surface area contributed by atoms with E-state index < -0.39 is 0 Å². The van der Waals surface area contributed by atoms with Crippen LogP contribution in [0.3, 0.4) is 0 Å². The number of halogens is 2. The lowest BCUT2D eigenvalue weighted by Gasteiger charge is -2.06. The molecular weight excluding hydrogens is 261 g/mol. The molecule has 2 heterocycles. The first kappa shape index (κ1) is 12.4. The summed E-state index contributed by atoms with van der Waals surface area (Å²) in [5.74, 6) is 0.589. The highest BCUT2D eigenvalue weighted by atomic mass is 35.5. The third-order valence-corrected chi connectivity index (χ3v) is 3.40. The molecule has 2 aromatic rings. The number of rotatable bonds is 2. The van der Waals surface area contributed by atoms with Gasteiger partial charge in [-0.25, -0.2) is 9.67 Å². The Morgan fingerprint density at radius 2 is 2.06 bits per heavy atom. The van der Waals surface area contributed by atoms with E-state index in [-0.39, 0.29) is 6.61 Å². The lowest BCUT2D eigenvalue weighted by atomic mass is 10.3. The summed E-state index contributed by atoms with van der Waals surface area (Å²) in [5, 5.41) is 14.5. The number of pyridine rings is 1. The maximum absolute atomic E-state index is 9.15. The molecular formula is C11H11Cl2N3O. The zero-order valence-electron chi connectivity index (χ0n) is 9.41. The molecule has 90 valence electrons. The highest BCUT2D eigenvalue weighted by Gasteiger charge is 2.12. The van der Waals surface area contributed by atoms with Gasteiger partial charge in [0.2, 0.25) is 0 Å². The van der Waals surface area contributed by atoms with Crippen LogP contribution in [-0.4, -0.2) is 19.9 Å². The molecule has 17 heavy (non-hydrogen) atoms. The van der Waals surface area contributed by atoms with E-state index in [1.54, 1.807) is 10.7 Å². The van der Waals surface area contributed by atoms with Crippen LogP contribution < -0.4 is 0 Å². The van der Waals surface area contributed by atoms with E-state index in [9.17, 15) is 0 Å². The molecule has 2 aromatic heterocycles. The van der Waals surface area contributed by atoms with Crippen LogP contribution in [0.15, 0.2) is 12.3 Å². The van der Waals surface area contributed by atoms with Crippen molar-refractivity contribution in [3.05, 3.63) is 39.3 Å². The second-order valence-electron chi connectivity index (χ2n) is 3.69. The second-order valence-corrected chi connectivity index (χ2v) is 4.47. The van der Waals surface area contributed by atoms with E-state index in [1.165, 1.54) is 6.20 Å². The maximum atomic E-state index is 9.15. The lowest BCUT2D eigenvalue weighted by molar-refractivity contribution is 0.281. The Hall–Kier alpha value is -1.10. The van der Waals surface area contributed by atoms with Crippen molar-refractivity contribution in [3.63, 3.8) is 0 Å². The Kier molecular flexibility index (Phi) is 3.38. The Labute approximate surface area is 109 Å². The minimum absolute atomic E-state index is 0.138. The molecule has 6 heteroatoms. The first-order valence-corrected chi connectivity index (χ1v) is 5.77. The molecule has 0 aromatic carbocycles. The topological polar surface area (TPSA) is 50.9 Å². The van der Waals surface area contributed by atoms with Crippen LogP contribution in [0, 0.1) is 13.8 Å². The predicted molar refractivity (Wildman–Crippen MR) is 66.8 cm³/mol.